The molecule has 5 heteroatoms. The third kappa shape index (κ3) is 1.81. The van der Waals surface area contributed by atoms with Gasteiger partial charge in [0.05, 0.1) is 0 Å². The normalized spacial score (nSPS) is 15.2. The Morgan fingerprint density at radius 2 is 2.36 bits per heavy atom. The molecule has 2 N–H and O–H groups in total. The number of amides is 1. The van der Waals surface area contributed by atoms with E-state index in [2.05, 4.69) is 15.3 Å². The molecule has 2 rings (SSSR count). The molecular weight excluding hydrogens is 182 g/mol. The van der Waals surface area contributed by atoms with E-state index in [9.17, 15) is 9.59 Å². The van der Waals surface area contributed by atoms with E-state index in [1.807, 2.05) is 0 Å². The summed E-state index contributed by atoms with van der Waals surface area (Å²) >= 11 is 0. The average molecular weight is 193 g/mol. The van der Waals surface area contributed by atoms with Crippen LogP contribution >= 0.6 is 0 Å². The summed E-state index contributed by atoms with van der Waals surface area (Å²) < 4.78 is 0. The maximum absolute atomic E-state index is 11.5. The van der Waals surface area contributed by atoms with Crippen LogP contribution in [-0.2, 0) is 0 Å². The molecule has 0 unspecified atom stereocenters. The second-order valence-electron chi connectivity index (χ2n) is 3.46. The number of H-pyrrole nitrogens is 1. The van der Waals surface area contributed by atoms with Gasteiger partial charge < -0.3 is 10.3 Å². The lowest BCUT2D eigenvalue weighted by Crippen LogP contribution is -2.31. The highest BCUT2D eigenvalue weighted by Gasteiger charge is 2.24. The summed E-state index contributed by atoms with van der Waals surface area (Å²) in [6, 6.07) is 0.253. The van der Waals surface area contributed by atoms with Crippen molar-refractivity contribution in [2.24, 2.45) is 0 Å². The molecule has 1 aliphatic rings. The van der Waals surface area contributed by atoms with Gasteiger partial charge in [-0.05, 0) is 19.8 Å². The summed E-state index contributed by atoms with van der Waals surface area (Å²) in [6.07, 6.45) is 3.32. The zero-order valence-electron chi connectivity index (χ0n) is 7.83. The van der Waals surface area contributed by atoms with Gasteiger partial charge in [0.2, 0.25) is 0 Å². The Morgan fingerprint density at radius 1 is 1.64 bits per heavy atom. The topological polar surface area (TPSA) is 74.8 Å². The average Bonchev–Trinajstić information content (AvgIpc) is 2.87. The van der Waals surface area contributed by atoms with Gasteiger partial charge in [-0.3, -0.25) is 9.59 Å². The van der Waals surface area contributed by atoms with Crippen LogP contribution in [0.2, 0.25) is 0 Å². The van der Waals surface area contributed by atoms with Crippen molar-refractivity contribution in [1.82, 2.24) is 15.3 Å². The molecule has 0 radical (unpaired) electrons. The molecule has 1 saturated carbocycles. The van der Waals surface area contributed by atoms with Gasteiger partial charge in [0.15, 0.2) is 0 Å². The predicted molar refractivity (Wildman–Crippen MR) is 50.1 cm³/mol. The third-order valence-corrected chi connectivity index (χ3v) is 2.08. The van der Waals surface area contributed by atoms with E-state index in [0.717, 1.165) is 12.8 Å². The fourth-order valence-corrected chi connectivity index (χ4v) is 1.14. The van der Waals surface area contributed by atoms with Gasteiger partial charge in [0.25, 0.3) is 11.5 Å². The van der Waals surface area contributed by atoms with Crippen molar-refractivity contribution in [1.29, 1.82) is 0 Å². The molecule has 1 aromatic heterocycles. The fourth-order valence-electron chi connectivity index (χ4n) is 1.14. The number of aromatic nitrogens is 2. The summed E-state index contributed by atoms with van der Waals surface area (Å²) in [4.78, 5) is 29.1. The molecule has 1 aromatic rings. The maximum Gasteiger partial charge on any atom is 0.263 e. The Morgan fingerprint density at radius 3 is 2.93 bits per heavy atom. The quantitative estimate of drug-likeness (QED) is 0.692. The molecule has 0 aromatic carbocycles. The number of aryl methyl sites for hydroxylation is 1. The minimum Gasteiger partial charge on any atom is -0.349 e. The summed E-state index contributed by atoms with van der Waals surface area (Å²) in [5.41, 5.74) is -0.293. The van der Waals surface area contributed by atoms with Crippen LogP contribution in [0.1, 0.15) is 29.0 Å². The molecule has 5 nitrogen and oxygen atoms in total. The Balaban J connectivity index is 2.22. The zero-order chi connectivity index (χ0) is 10.1. The molecule has 1 amide bonds. The molecule has 0 aliphatic heterocycles. The van der Waals surface area contributed by atoms with E-state index in [1.54, 1.807) is 6.92 Å². The van der Waals surface area contributed by atoms with Gasteiger partial charge >= 0.3 is 0 Å². The van der Waals surface area contributed by atoms with Crippen molar-refractivity contribution in [3.05, 3.63) is 27.9 Å². The largest absolute Gasteiger partial charge is 0.349 e. The first-order chi connectivity index (χ1) is 6.66. The van der Waals surface area contributed by atoms with E-state index < -0.39 is 0 Å². The molecule has 0 bridgehead atoms. The van der Waals surface area contributed by atoms with Crippen molar-refractivity contribution in [2.75, 3.05) is 0 Å². The standard InChI is InChI=1S/C9H11N3O2/c1-5-10-4-7(8(13)11-5)9(14)12-6-2-3-6/h4,6H,2-3H2,1H3,(H,12,14)(H,10,11,13). The predicted octanol–water partition coefficient (Wildman–Crippen LogP) is -0.0295. The van der Waals surface area contributed by atoms with Crippen LogP contribution < -0.4 is 10.9 Å². The number of hydrogen-bond acceptors (Lipinski definition) is 3. The van der Waals surface area contributed by atoms with Crippen molar-refractivity contribution < 1.29 is 4.79 Å². The van der Waals surface area contributed by atoms with E-state index >= 15 is 0 Å². The molecule has 74 valence electrons. The van der Waals surface area contributed by atoms with Gasteiger partial charge in [-0.25, -0.2) is 4.98 Å². The van der Waals surface area contributed by atoms with Crippen LogP contribution in [-0.4, -0.2) is 21.9 Å². The fraction of sp³-hybridized carbons (Fsp3) is 0.444. The minimum atomic E-state index is -0.379. The second-order valence-corrected chi connectivity index (χ2v) is 3.46. The lowest BCUT2D eigenvalue weighted by Gasteiger charge is -2.01. The van der Waals surface area contributed by atoms with Crippen LogP contribution in [0.15, 0.2) is 11.0 Å². The molecule has 0 atom stereocenters. The molecule has 1 aliphatic carbocycles. The molecule has 14 heavy (non-hydrogen) atoms. The Kier molecular flexibility index (Phi) is 2.07. The molecule has 0 spiro atoms. The highest BCUT2D eigenvalue weighted by Crippen LogP contribution is 2.18. The Labute approximate surface area is 80.6 Å². The highest BCUT2D eigenvalue weighted by molar-refractivity contribution is 5.93. The number of carbonyl (C=O) groups excluding carboxylic acids is 1. The second kappa shape index (κ2) is 3.25. The van der Waals surface area contributed by atoms with Crippen molar-refractivity contribution in [3.63, 3.8) is 0 Å². The van der Waals surface area contributed by atoms with Crippen molar-refractivity contribution >= 4 is 5.91 Å². The van der Waals surface area contributed by atoms with Gasteiger partial charge in [-0.15, -0.1) is 0 Å². The first-order valence-corrected chi connectivity index (χ1v) is 4.53. The number of carbonyl (C=O) groups is 1. The van der Waals surface area contributed by atoms with E-state index in [0.29, 0.717) is 5.82 Å². The van der Waals surface area contributed by atoms with Crippen LogP contribution in [0, 0.1) is 6.92 Å². The minimum absolute atomic E-state index is 0.0856. The number of aromatic amines is 1. The van der Waals surface area contributed by atoms with Crippen LogP contribution in [0.25, 0.3) is 0 Å². The number of hydrogen-bond donors (Lipinski definition) is 2. The monoisotopic (exact) mass is 193 g/mol. The van der Waals surface area contributed by atoms with Gasteiger partial charge in [0, 0.05) is 12.2 Å². The van der Waals surface area contributed by atoms with Gasteiger partial charge in [-0.1, -0.05) is 0 Å². The van der Waals surface area contributed by atoms with Crippen LogP contribution in [0.4, 0.5) is 0 Å². The van der Waals surface area contributed by atoms with Gasteiger partial charge in [-0.2, -0.15) is 0 Å². The lowest BCUT2D eigenvalue weighted by molar-refractivity contribution is 0.0949. The van der Waals surface area contributed by atoms with Crippen molar-refractivity contribution in [3.8, 4) is 0 Å². The zero-order valence-corrected chi connectivity index (χ0v) is 7.83. The van der Waals surface area contributed by atoms with E-state index in [1.165, 1.54) is 6.20 Å². The molecule has 0 saturated heterocycles. The van der Waals surface area contributed by atoms with E-state index in [4.69, 9.17) is 0 Å². The number of rotatable bonds is 2. The summed E-state index contributed by atoms with van der Waals surface area (Å²) in [6.45, 7) is 1.67. The smallest absolute Gasteiger partial charge is 0.263 e. The number of nitrogens with one attached hydrogen (secondary N) is 2. The van der Waals surface area contributed by atoms with Crippen molar-refractivity contribution in [2.45, 2.75) is 25.8 Å². The highest BCUT2D eigenvalue weighted by atomic mass is 16.2. The molecular formula is C9H11N3O2. The molecule has 1 fully saturated rings. The van der Waals surface area contributed by atoms with Gasteiger partial charge in [0.1, 0.15) is 11.4 Å². The molecule has 1 heterocycles. The maximum atomic E-state index is 11.5. The SMILES string of the molecule is Cc1ncc(C(=O)NC2CC2)c(=O)[nH]1. The summed E-state index contributed by atoms with van der Waals surface area (Å²) in [5.74, 6) is 0.180. The first kappa shape index (κ1) is 8.93. The third-order valence-electron chi connectivity index (χ3n) is 2.08. The Bertz CT molecular complexity index is 420. The van der Waals surface area contributed by atoms with E-state index in [-0.39, 0.29) is 23.1 Å². The number of nitrogens with zero attached hydrogens (tertiary/aromatic N) is 1. The van der Waals surface area contributed by atoms with Crippen LogP contribution in [0.5, 0.6) is 0 Å². The summed E-state index contributed by atoms with van der Waals surface area (Å²) in [7, 11) is 0. The lowest BCUT2D eigenvalue weighted by atomic mass is 10.3. The summed E-state index contributed by atoms with van der Waals surface area (Å²) in [5, 5.41) is 2.73. The Hall–Kier alpha value is -1.65. The first-order valence-electron chi connectivity index (χ1n) is 4.53. The van der Waals surface area contributed by atoms with Crippen LogP contribution in [0.3, 0.4) is 0 Å².